The second kappa shape index (κ2) is 6.26. The summed E-state index contributed by atoms with van der Waals surface area (Å²) < 4.78 is 41.6. The third-order valence-corrected chi connectivity index (χ3v) is 5.16. The molecule has 0 amide bonds. The molecule has 1 saturated heterocycles. The van der Waals surface area contributed by atoms with Gasteiger partial charge in [0, 0.05) is 12.6 Å². The van der Waals surface area contributed by atoms with E-state index in [1.54, 1.807) is 0 Å². The van der Waals surface area contributed by atoms with Crippen LogP contribution in [-0.2, 0) is 10.2 Å². The first-order valence-corrected chi connectivity index (χ1v) is 8.12. The first kappa shape index (κ1) is 15.5. The largest absolute Gasteiger partial charge is 0.395 e. The number of anilines is 1. The number of aliphatic hydroxyl groups is 1. The number of hydrogen-bond donors (Lipinski definition) is 2. The number of rotatable bonds is 4. The van der Waals surface area contributed by atoms with Crippen LogP contribution in [0.25, 0.3) is 0 Å². The molecule has 0 radical (unpaired) electrons. The van der Waals surface area contributed by atoms with Crippen molar-refractivity contribution in [1.29, 1.82) is 0 Å². The van der Waals surface area contributed by atoms with Crippen LogP contribution in [-0.4, -0.2) is 37.0 Å². The minimum Gasteiger partial charge on any atom is -0.395 e. The zero-order valence-corrected chi connectivity index (χ0v) is 12.3. The number of nitrogens with one attached hydrogen (secondary N) is 1. The van der Waals surface area contributed by atoms with Crippen molar-refractivity contribution < 1.29 is 17.9 Å². The highest BCUT2D eigenvalue weighted by molar-refractivity contribution is 7.90. The molecule has 1 aliphatic rings. The molecule has 2 rings (SSSR count). The summed E-state index contributed by atoms with van der Waals surface area (Å²) in [5, 5.41) is 9.26. The molecular weight excluding hydrogens is 307 g/mol. The second-order valence-corrected chi connectivity index (χ2v) is 6.68. The third-order valence-electron chi connectivity index (χ3n) is 3.29. The molecule has 0 bridgehead atoms. The van der Waals surface area contributed by atoms with E-state index in [4.69, 9.17) is 11.6 Å². The van der Waals surface area contributed by atoms with Crippen molar-refractivity contribution in [2.24, 2.45) is 0 Å². The van der Waals surface area contributed by atoms with Gasteiger partial charge in [0.2, 0.25) is 0 Å². The van der Waals surface area contributed by atoms with Gasteiger partial charge in [-0.15, -0.1) is 0 Å². The molecule has 112 valence electrons. The molecule has 20 heavy (non-hydrogen) atoms. The molecule has 1 heterocycles. The Balaban J connectivity index is 2.26. The van der Waals surface area contributed by atoms with Crippen LogP contribution in [0.3, 0.4) is 0 Å². The van der Waals surface area contributed by atoms with Gasteiger partial charge in [0.25, 0.3) is 0 Å². The Morgan fingerprint density at radius 3 is 2.85 bits per heavy atom. The van der Waals surface area contributed by atoms with Crippen LogP contribution in [0.2, 0.25) is 5.02 Å². The quantitative estimate of drug-likeness (QED) is 0.890. The van der Waals surface area contributed by atoms with Gasteiger partial charge < -0.3 is 5.11 Å². The molecule has 1 unspecified atom stereocenters. The van der Waals surface area contributed by atoms with E-state index in [1.807, 2.05) is 0 Å². The average Bonchev–Trinajstić information content (AvgIpc) is 2.43. The molecule has 1 aliphatic heterocycles. The van der Waals surface area contributed by atoms with E-state index >= 15 is 0 Å². The Morgan fingerprint density at radius 2 is 2.20 bits per heavy atom. The van der Waals surface area contributed by atoms with Gasteiger partial charge >= 0.3 is 10.2 Å². The highest BCUT2D eigenvalue weighted by Gasteiger charge is 2.32. The van der Waals surface area contributed by atoms with Gasteiger partial charge in [0.15, 0.2) is 0 Å². The van der Waals surface area contributed by atoms with Crippen LogP contribution in [0.15, 0.2) is 18.2 Å². The second-order valence-electron chi connectivity index (χ2n) is 4.65. The van der Waals surface area contributed by atoms with Crippen molar-refractivity contribution in [1.82, 2.24) is 4.31 Å². The molecule has 1 atom stereocenters. The number of benzene rings is 1. The maximum absolute atomic E-state index is 13.6. The maximum atomic E-state index is 13.6. The molecule has 2 N–H and O–H groups in total. The van der Waals surface area contributed by atoms with Gasteiger partial charge in [-0.1, -0.05) is 24.1 Å². The summed E-state index contributed by atoms with van der Waals surface area (Å²) in [4.78, 5) is 0. The van der Waals surface area contributed by atoms with Gasteiger partial charge in [0.1, 0.15) is 11.5 Å². The van der Waals surface area contributed by atoms with E-state index in [0.29, 0.717) is 19.4 Å². The monoisotopic (exact) mass is 322 g/mol. The van der Waals surface area contributed by atoms with Gasteiger partial charge in [-0.2, -0.15) is 12.7 Å². The molecule has 1 aromatic rings. The first-order valence-electron chi connectivity index (χ1n) is 6.30. The molecule has 0 aliphatic carbocycles. The maximum Gasteiger partial charge on any atom is 0.302 e. The lowest BCUT2D eigenvalue weighted by molar-refractivity contribution is 0.156. The van der Waals surface area contributed by atoms with Crippen molar-refractivity contribution in [2.45, 2.75) is 25.3 Å². The summed E-state index contributed by atoms with van der Waals surface area (Å²) >= 11 is 5.81. The Morgan fingerprint density at radius 1 is 1.45 bits per heavy atom. The number of para-hydroxylation sites is 1. The Kier molecular flexibility index (Phi) is 4.85. The third kappa shape index (κ3) is 3.22. The van der Waals surface area contributed by atoms with E-state index in [9.17, 15) is 17.9 Å². The lowest BCUT2D eigenvalue weighted by Gasteiger charge is -2.33. The average molecular weight is 323 g/mol. The lowest BCUT2D eigenvalue weighted by Crippen LogP contribution is -2.48. The Hall–Kier alpha value is -0.890. The molecule has 0 spiro atoms. The smallest absolute Gasteiger partial charge is 0.302 e. The van der Waals surface area contributed by atoms with E-state index in [1.165, 1.54) is 16.4 Å². The van der Waals surface area contributed by atoms with Crippen molar-refractivity contribution in [2.75, 3.05) is 17.9 Å². The minimum absolute atomic E-state index is 0.00821. The van der Waals surface area contributed by atoms with Gasteiger partial charge in [0.05, 0.1) is 11.6 Å². The standard InChI is InChI=1S/C12H16ClFN2O3S/c13-10-5-3-6-11(14)12(10)15-20(18,19)16-7-2-1-4-9(16)8-17/h3,5-6,9,15,17H,1-2,4,7-8H2. The molecule has 1 aromatic carbocycles. The number of nitrogens with zero attached hydrogens (tertiary/aromatic N) is 1. The first-order chi connectivity index (χ1) is 9.45. The zero-order valence-electron chi connectivity index (χ0n) is 10.7. The minimum atomic E-state index is -3.94. The molecule has 0 saturated carbocycles. The fourth-order valence-corrected chi connectivity index (χ4v) is 4.04. The van der Waals surface area contributed by atoms with Crippen LogP contribution in [0.4, 0.5) is 10.1 Å². The molecule has 8 heteroatoms. The molecule has 1 fully saturated rings. The Bertz CT molecular complexity index is 562. The van der Waals surface area contributed by atoms with Crippen LogP contribution in [0.5, 0.6) is 0 Å². The van der Waals surface area contributed by atoms with Crippen LogP contribution in [0, 0.1) is 5.82 Å². The summed E-state index contributed by atoms with van der Waals surface area (Å²) in [7, 11) is -3.94. The molecule has 0 aromatic heterocycles. The normalized spacial score (nSPS) is 20.9. The van der Waals surface area contributed by atoms with Crippen LogP contribution < -0.4 is 4.72 Å². The highest BCUT2D eigenvalue weighted by Crippen LogP contribution is 2.28. The van der Waals surface area contributed by atoms with Gasteiger partial charge in [-0.05, 0) is 25.0 Å². The number of aliphatic hydroxyl groups excluding tert-OH is 1. The van der Waals surface area contributed by atoms with Gasteiger partial charge in [-0.3, -0.25) is 4.72 Å². The summed E-state index contributed by atoms with van der Waals surface area (Å²) in [5.74, 6) is -0.737. The van der Waals surface area contributed by atoms with Crippen molar-refractivity contribution in [3.63, 3.8) is 0 Å². The topological polar surface area (TPSA) is 69.6 Å². The highest BCUT2D eigenvalue weighted by atomic mass is 35.5. The van der Waals surface area contributed by atoms with E-state index < -0.39 is 22.1 Å². The molecule has 5 nitrogen and oxygen atoms in total. The van der Waals surface area contributed by atoms with E-state index in [2.05, 4.69) is 4.72 Å². The van der Waals surface area contributed by atoms with Crippen molar-refractivity contribution in [3.05, 3.63) is 29.0 Å². The van der Waals surface area contributed by atoms with E-state index in [-0.39, 0.29) is 17.3 Å². The van der Waals surface area contributed by atoms with E-state index in [0.717, 1.165) is 12.5 Å². The predicted molar refractivity (Wildman–Crippen MR) is 75.4 cm³/mol. The number of hydrogen-bond acceptors (Lipinski definition) is 3. The summed E-state index contributed by atoms with van der Waals surface area (Å²) in [6.07, 6.45) is 2.16. The van der Waals surface area contributed by atoms with Gasteiger partial charge in [-0.25, -0.2) is 4.39 Å². The molecular formula is C12H16ClFN2O3S. The fraction of sp³-hybridized carbons (Fsp3) is 0.500. The number of piperidine rings is 1. The SMILES string of the molecule is O=S(=O)(Nc1c(F)cccc1Cl)N1CCCCC1CO. The predicted octanol–water partition coefficient (Wildman–Crippen LogP) is 1.98. The van der Waals surface area contributed by atoms with Crippen LogP contribution in [0.1, 0.15) is 19.3 Å². The fourth-order valence-electron chi connectivity index (χ4n) is 2.26. The summed E-state index contributed by atoms with van der Waals surface area (Å²) in [6, 6.07) is 3.45. The summed E-state index contributed by atoms with van der Waals surface area (Å²) in [5.41, 5.74) is -0.267. The lowest BCUT2D eigenvalue weighted by atomic mass is 10.1. The zero-order chi connectivity index (χ0) is 14.8. The Labute approximate surface area is 122 Å². The van der Waals surface area contributed by atoms with Crippen molar-refractivity contribution >= 4 is 27.5 Å². The van der Waals surface area contributed by atoms with Crippen LogP contribution >= 0.6 is 11.6 Å². The number of halogens is 2. The van der Waals surface area contributed by atoms with Crippen molar-refractivity contribution in [3.8, 4) is 0 Å². The summed E-state index contributed by atoms with van der Waals surface area (Å²) in [6.45, 7) is 0.0402.